The summed E-state index contributed by atoms with van der Waals surface area (Å²) in [7, 11) is 0. The van der Waals surface area contributed by atoms with Crippen molar-refractivity contribution in [2.75, 3.05) is 4.90 Å². The maximum atomic E-state index is 7.30. The highest BCUT2D eigenvalue weighted by molar-refractivity contribution is 6.00. The van der Waals surface area contributed by atoms with Gasteiger partial charge < -0.3 is 9.64 Å². The van der Waals surface area contributed by atoms with Crippen LogP contribution in [0.15, 0.2) is 53.5 Å². The van der Waals surface area contributed by atoms with Crippen LogP contribution in [0, 0.1) is 30.6 Å². The van der Waals surface area contributed by atoms with E-state index >= 15 is 0 Å². The lowest BCUT2D eigenvalue weighted by atomic mass is 9.68. The molecule has 7 rings (SSSR count). The molecule has 3 heteroatoms. The first-order valence-corrected chi connectivity index (χ1v) is 13.7. The first-order valence-electron chi connectivity index (χ1n) is 13.7. The van der Waals surface area contributed by atoms with Gasteiger partial charge in [0.25, 0.3) is 0 Å². The number of hydrogen-bond donors (Lipinski definition) is 0. The van der Waals surface area contributed by atoms with Crippen LogP contribution in [0.1, 0.15) is 70.6 Å². The molecule has 1 spiro atoms. The molecule has 3 aromatic rings. The molecule has 4 atom stereocenters. The van der Waals surface area contributed by atoms with E-state index in [4.69, 9.17) is 9.73 Å². The van der Waals surface area contributed by atoms with Gasteiger partial charge in [-0.25, -0.2) is 0 Å². The fourth-order valence-corrected chi connectivity index (χ4v) is 8.76. The summed E-state index contributed by atoms with van der Waals surface area (Å²) in [6.07, 6.45) is 6.00. The molecule has 0 aromatic heterocycles. The molecule has 4 aliphatic rings. The van der Waals surface area contributed by atoms with Crippen LogP contribution >= 0.6 is 0 Å². The van der Waals surface area contributed by atoms with E-state index in [1.54, 1.807) is 0 Å². The molecular formula is C33H38N2O. The Kier molecular flexibility index (Phi) is 4.19. The molecule has 2 aliphatic heterocycles. The fourth-order valence-electron chi connectivity index (χ4n) is 8.76. The molecule has 4 unspecified atom stereocenters. The first kappa shape index (κ1) is 22.4. The number of rotatable bonds is 1. The topological polar surface area (TPSA) is 24.8 Å². The molecule has 3 nitrogen and oxygen atoms in total. The third-order valence-electron chi connectivity index (χ3n) is 11.2. The van der Waals surface area contributed by atoms with Crippen molar-refractivity contribution in [1.82, 2.24) is 0 Å². The minimum Gasteiger partial charge on any atom is -0.459 e. The minimum absolute atomic E-state index is 0.223. The quantitative estimate of drug-likeness (QED) is 0.352. The number of benzene rings is 3. The first-order chi connectivity index (χ1) is 17.0. The summed E-state index contributed by atoms with van der Waals surface area (Å²) in [6.45, 7) is 16.8. The molecule has 186 valence electrons. The molecule has 0 radical (unpaired) electrons. The Morgan fingerprint density at radius 1 is 0.972 bits per heavy atom. The van der Waals surface area contributed by atoms with E-state index in [0.717, 1.165) is 22.7 Å². The Bertz CT molecular complexity index is 1470. The molecule has 2 saturated carbocycles. The SMILES string of the molecule is Cc1cc(C)c2c(c1)N(C1CC3CCC1(C)C3(C)C)C1(C=Nc3c(ccc4ccccc34)O1)C2(C)C. The number of aryl methyl sites for hydroxylation is 2. The molecular weight excluding hydrogens is 440 g/mol. The number of hydrogen-bond acceptors (Lipinski definition) is 3. The molecule has 2 bridgehead atoms. The molecule has 2 aliphatic carbocycles. The average molecular weight is 479 g/mol. The van der Waals surface area contributed by atoms with Crippen molar-refractivity contribution in [3.63, 3.8) is 0 Å². The fraction of sp³-hybridized carbons (Fsp3) is 0.485. The summed E-state index contributed by atoms with van der Waals surface area (Å²) in [6, 6.07) is 18.0. The van der Waals surface area contributed by atoms with E-state index in [1.165, 1.54) is 47.0 Å². The second-order valence-electron chi connectivity index (χ2n) is 13.3. The third-order valence-corrected chi connectivity index (χ3v) is 11.2. The predicted octanol–water partition coefficient (Wildman–Crippen LogP) is 8.26. The molecule has 0 saturated heterocycles. The van der Waals surface area contributed by atoms with Crippen LogP contribution in [0.4, 0.5) is 11.4 Å². The summed E-state index contributed by atoms with van der Waals surface area (Å²) in [5.74, 6) is 1.64. The molecule has 2 fully saturated rings. The van der Waals surface area contributed by atoms with Gasteiger partial charge in [0, 0.05) is 17.1 Å². The van der Waals surface area contributed by atoms with Gasteiger partial charge in [0.15, 0.2) is 0 Å². The van der Waals surface area contributed by atoms with Gasteiger partial charge in [-0.1, -0.05) is 57.2 Å². The molecule has 0 N–H and O–H groups in total. The van der Waals surface area contributed by atoms with Gasteiger partial charge in [-0.3, -0.25) is 4.99 Å². The van der Waals surface area contributed by atoms with Crippen molar-refractivity contribution in [2.24, 2.45) is 21.7 Å². The van der Waals surface area contributed by atoms with Crippen molar-refractivity contribution in [2.45, 2.75) is 84.9 Å². The van der Waals surface area contributed by atoms with E-state index in [2.05, 4.69) is 108 Å². The molecule has 2 heterocycles. The largest absolute Gasteiger partial charge is 0.459 e. The standard InChI is InChI=1S/C33H38N2O/c1-20-16-21(2)28-25(17-20)35(27-18-23-14-15-32(27,7)30(23,3)4)33(31(28,5)6)19-34-29-24-11-9-8-10-22(24)12-13-26(29)36-33/h8-13,16-17,19,23,27H,14-15,18H2,1-7H3. The van der Waals surface area contributed by atoms with Crippen LogP contribution in [0.5, 0.6) is 5.75 Å². The van der Waals surface area contributed by atoms with Crippen LogP contribution < -0.4 is 9.64 Å². The van der Waals surface area contributed by atoms with E-state index in [0.29, 0.717) is 11.5 Å². The van der Waals surface area contributed by atoms with Gasteiger partial charge >= 0.3 is 0 Å². The van der Waals surface area contributed by atoms with E-state index in [1.807, 2.05) is 0 Å². The van der Waals surface area contributed by atoms with Gasteiger partial charge in [-0.05, 0) is 97.9 Å². The van der Waals surface area contributed by atoms with Crippen LogP contribution in [0.25, 0.3) is 10.8 Å². The average Bonchev–Trinajstić information content (AvgIpc) is 3.25. The Morgan fingerprint density at radius 2 is 1.75 bits per heavy atom. The van der Waals surface area contributed by atoms with Gasteiger partial charge in [-0.2, -0.15) is 0 Å². The van der Waals surface area contributed by atoms with Crippen molar-refractivity contribution >= 4 is 28.4 Å². The van der Waals surface area contributed by atoms with E-state index < -0.39 is 5.72 Å². The smallest absolute Gasteiger partial charge is 0.229 e. The van der Waals surface area contributed by atoms with Crippen molar-refractivity contribution < 1.29 is 4.74 Å². The summed E-state index contributed by atoms with van der Waals surface area (Å²) in [5, 5.41) is 2.36. The zero-order valence-corrected chi connectivity index (χ0v) is 22.8. The zero-order valence-electron chi connectivity index (χ0n) is 22.8. The van der Waals surface area contributed by atoms with Crippen LogP contribution in [0.3, 0.4) is 0 Å². The summed E-state index contributed by atoms with van der Waals surface area (Å²) in [5.41, 5.74) is 5.98. The highest BCUT2D eigenvalue weighted by atomic mass is 16.5. The maximum Gasteiger partial charge on any atom is 0.229 e. The third kappa shape index (κ3) is 2.43. The summed E-state index contributed by atoms with van der Waals surface area (Å²) < 4.78 is 7.30. The molecule has 0 amide bonds. The Hall–Kier alpha value is -2.81. The predicted molar refractivity (Wildman–Crippen MR) is 150 cm³/mol. The Morgan fingerprint density at radius 3 is 2.47 bits per heavy atom. The number of nitrogens with zero attached hydrogens (tertiary/aromatic N) is 2. The van der Waals surface area contributed by atoms with Gasteiger partial charge in [0.1, 0.15) is 11.4 Å². The lowest BCUT2D eigenvalue weighted by Crippen LogP contribution is -2.67. The highest BCUT2D eigenvalue weighted by Crippen LogP contribution is 2.69. The second-order valence-corrected chi connectivity index (χ2v) is 13.3. The van der Waals surface area contributed by atoms with Gasteiger partial charge in [0.2, 0.25) is 5.72 Å². The maximum absolute atomic E-state index is 7.30. The molecule has 3 aromatic carbocycles. The number of fused-ring (bicyclic) bond motifs is 6. The second kappa shape index (κ2) is 6.73. The Balaban J connectivity index is 1.48. The number of aliphatic imine (C=N–C) groups is 1. The zero-order chi connectivity index (χ0) is 25.3. The van der Waals surface area contributed by atoms with Crippen molar-refractivity contribution in [3.05, 3.63) is 65.2 Å². The van der Waals surface area contributed by atoms with E-state index in [-0.39, 0.29) is 10.8 Å². The lowest BCUT2D eigenvalue weighted by molar-refractivity contribution is 0.0438. The summed E-state index contributed by atoms with van der Waals surface area (Å²) in [4.78, 5) is 7.94. The minimum atomic E-state index is -0.669. The number of anilines is 1. The van der Waals surface area contributed by atoms with E-state index in [9.17, 15) is 0 Å². The van der Waals surface area contributed by atoms with Crippen molar-refractivity contribution in [1.29, 1.82) is 0 Å². The van der Waals surface area contributed by atoms with Crippen LogP contribution in [0.2, 0.25) is 0 Å². The number of ether oxygens (including phenoxy) is 1. The van der Waals surface area contributed by atoms with Crippen LogP contribution in [-0.2, 0) is 5.41 Å². The molecule has 36 heavy (non-hydrogen) atoms. The Labute approximate surface area is 215 Å². The highest BCUT2D eigenvalue weighted by Gasteiger charge is 2.69. The lowest BCUT2D eigenvalue weighted by Gasteiger charge is -2.53. The van der Waals surface area contributed by atoms with Gasteiger partial charge in [0.05, 0.1) is 11.6 Å². The summed E-state index contributed by atoms with van der Waals surface area (Å²) >= 11 is 0. The van der Waals surface area contributed by atoms with Gasteiger partial charge in [-0.15, -0.1) is 0 Å². The normalized spacial score (nSPS) is 32.7. The van der Waals surface area contributed by atoms with Crippen molar-refractivity contribution in [3.8, 4) is 5.75 Å². The van der Waals surface area contributed by atoms with Crippen LogP contribution in [-0.4, -0.2) is 18.0 Å². The monoisotopic (exact) mass is 478 g/mol.